The number of hydrogen-bond donors (Lipinski definition) is 2. The average molecular weight is 739 g/mol. The van der Waals surface area contributed by atoms with Gasteiger partial charge in [0.15, 0.2) is 0 Å². The van der Waals surface area contributed by atoms with Gasteiger partial charge in [-0.1, -0.05) is 41.9 Å². The minimum Gasteiger partial charge on any atom is -0.367 e. The molecule has 2 amide bonds. The van der Waals surface area contributed by atoms with Gasteiger partial charge in [0.1, 0.15) is 23.8 Å². The van der Waals surface area contributed by atoms with Crippen LogP contribution in [0.5, 0.6) is 0 Å². The third-order valence-corrected chi connectivity index (χ3v) is 9.96. The van der Waals surface area contributed by atoms with E-state index in [4.69, 9.17) is 16.3 Å². The summed E-state index contributed by atoms with van der Waals surface area (Å²) in [4.78, 5) is 31.2. The summed E-state index contributed by atoms with van der Waals surface area (Å²) in [5.41, 5.74) is 2.35. The molecule has 0 aliphatic rings. The zero-order chi connectivity index (χ0) is 35.7. The maximum atomic E-state index is 14.0. The molecule has 1 aromatic heterocycles. The number of rotatable bonds is 15. The summed E-state index contributed by atoms with van der Waals surface area (Å²) in [6.45, 7) is 0.772. The van der Waals surface area contributed by atoms with Crippen LogP contribution in [0.1, 0.15) is 34.0 Å². The molecular weight excluding hydrogens is 706 g/mol. The van der Waals surface area contributed by atoms with E-state index in [9.17, 15) is 26.8 Å². The molecule has 4 aromatic carbocycles. The number of imidazole rings is 1. The fraction of sp³-hybridized carbons (Fsp3) is 0.194. The summed E-state index contributed by atoms with van der Waals surface area (Å²) in [7, 11) is -4.26. The number of carbonyl (C=O) groups excluding carboxylic acids is 2. The molecule has 260 valence electrons. The van der Waals surface area contributed by atoms with Crippen molar-refractivity contribution in [2.75, 3.05) is 18.6 Å². The summed E-state index contributed by atoms with van der Waals surface area (Å²) in [5, 5.41) is 3.03. The van der Waals surface area contributed by atoms with Crippen LogP contribution in [-0.2, 0) is 26.1 Å². The number of carbonyl (C=O) groups is 2. The van der Waals surface area contributed by atoms with E-state index in [2.05, 4.69) is 15.0 Å². The van der Waals surface area contributed by atoms with E-state index in [0.717, 1.165) is 0 Å². The first-order chi connectivity index (χ1) is 24.0. The van der Waals surface area contributed by atoms with Crippen molar-refractivity contribution in [3.05, 3.63) is 143 Å². The zero-order valence-corrected chi connectivity index (χ0v) is 29.2. The highest BCUT2D eigenvalue weighted by molar-refractivity contribution is 7.98. The topological polar surface area (TPSA) is 119 Å². The van der Waals surface area contributed by atoms with E-state index >= 15 is 0 Å². The molecule has 0 saturated heterocycles. The minimum absolute atomic E-state index is 0.135. The number of sulfonamides is 1. The van der Waals surface area contributed by atoms with Crippen LogP contribution in [-0.4, -0.2) is 54.4 Å². The summed E-state index contributed by atoms with van der Waals surface area (Å²) in [6, 6.07) is 20.5. The SMILES string of the molecule is CSCCC(NC(=O)c1ccc(C(OCCn2ccnc2)c2ccc(F)cc2)cc1-c1ccc(F)cc1)C(=O)NS(=O)(=O)c1ccc(Cl)cc1. The van der Waals surface area contributed by atoms with Crippen LogP contribution in [0, 0.1) is 11.6 Å². The van der Waals surface area contributed by atoms with E-state index in [0.29, 0.717) is 39.6 Å². The van der Waals surface area contributed by atoms with Crippen LogP contribution in [0.3, 0.4) is 0 Å². The third-order valence-electron chi connectivity index (χ3n) is 7.70. The van der Waals surface area contributed by atoms with Crippen molar-refractivity contribution >= 4 is 45.2 Å². The van der Waals surface area contributed by atoms with Gasteiger partial charge in [-0.3, -0.25) is 9.59 Å². The molecule has 0 spiro atoms. The quantitative estimate of drug-likeness (QED) is 0.124. The van der Waals surface area contributed by atoms with Crippen molar-refractivity contribution in [2.24, 2.45) is 0 Å². The first-order valence-corrected chi connectivity index (χ1v) is 18.6. The highest BCUT2D eigenvalue weighted by Gasteiger charge is 2.28. The molecule has 0 bridgehead atoms. The Morgan fingerprint density at radius 1 is 0.940 bits per heavy atom. The van der Waals surface area contributed by atoms with Crippen molar-refractivity contribution in [1.29, 1.82) is 0 Å². The van der Waals surface area contributed by atoms with Gasteiger partial charge in [-0.15, -0.1) is 0 Å². The van der Waals surface area contributed by atoms with E-state index in [-0.39, 0.29) is 23.5 Å². The molecule has 0 aliphatic heterocycles. The predicted octanol–water partition coefficient (Wildman–Crippen LogP) is 6.64. The van der Waals surface area contributed by atoms with Gasteiger partial charge in [-0.25, -0.2) is 26.9 Å². The number of thioether (sulfide) groups is 1. The molecule has 50 heavy (non-hydrogen) atoms. The van der Waals surface area contributed by atoms with Gasteiger partial charge in [0.2, 0.25) is 0 Å². The predicted molar refractivity (Wildman–Crippen MR) is 189 cm³/mol. The molecule has 14 heteroatoms. The molecule has 0 aliphatic carbocycles. The number of nitrogens with one attached hydrogen (secondary N) is 2. The Hall–Kier alpha value is -4.56. The normalized spacial score (nSPS) is 12.6. The van der Waals surface area contributed by atoms with E-state index in [1.807, 2.05) is 10.8 Å². The number of hydrogen-bond acceptors (Lipinski definition) is 7. The molecule has 0 radical (unpaired) electrons. The third kappa shape index (κ3) is 9.57. The molecule has 2 N–H and O–H groups in total. The lowest BCUT2D eigenvalue weighted by molar-refractivity contribution is -0.121. The first kappa shape index (κ1) is 36.7. The lowest BCUT2D eigenvalue weighted by Crippen LogP contribution is -2.48. The second-order valence-corrected chi connectivity index (χ2v) is 14.3. The molecule has 5 aromatic rings. The van der Waals surface area contributed by atoms with Crippen molar-refractivity contribution < 1.29 is 31.5 Å². The minimum atomic E-state index is -4.26. The number of amides is 2. The fourth-order valence-corrected chi connectivity index (χ4v) is 6.74. The Morgan fingerprint density at radius 2 is 1.60 bits per heavy atom. The summed E-state index contributed by atoms with van der Waals surface area (Å²) in [6.07, 6.45) is 6.41. The van der Waals surface area contributed by atoms with Gasteiger partial charge in [0.25, 0.3) is 21.8 Å². The van der Waals surface area contributed by atoms with Gasteiger partial charge in [-0.2, -0.15) is 11.8 Å². The van der Waals surface area contributed by atoms with E-state index in [1.165, 1.54) is 72.4 Å². The second-order valence-electron chi connectivity index (χ2n) is 11.1. The average Bonchev–Trinajstić information content (AvgIpc) is 3.63. The Morgan fingerprint density at radius 3 is 2.24 bits per heavy atom. The molecule has 5 rings (SSSR count). The number of halogens is 3. The van der Waals surface area contributed by atoms with Crippen LogP contribution in [0.25, 0.3) is 11.1 Å². The van der Waals surface area contributed by atoms with Crippen LogP contribution in [0.2, 0.25) is 5.02 Å². The van der Waals surface area contributed by atoms with Crippen molar-refractivity contribution in [3.8, 4) is 11.1 Å². The number of ether oxygens (including phenoxy) is 1. The summed E-state index contributed by atoms with van der Waals surface area (Å²) < 4.78 is 64.1. The van der Waals surface area contributed by atoms with Crippen LogP contribution in [0.15, 0.2) is 115 Å². The first-order valence-electron chi connectivity index (χ1n) is 15.4. The van der Waals surface area contributed by atoms with Crippen molar-refractivity contribution in [3.63, 3.8) is 0 Å². The Kier molecular flexibility index (Phi) is 12.4. The van der Waals surface area contributed by atoms with Crippen molar-refractivity contribution in [2.45, 2.75) is 30.0 Å². The number of aromatic nitrogens is 2. The number of benzene rings is 4. The summed E-state index contributed by atoms with van der Waals surface area (Å²) in [5.74, 6) is -2.01. The molecule has 1 heterocycles. The van der Waals surface area contributed by atoms with Crippen molar-refractivity contribution in [1.82, 2.24) is 19.6 Å². The molecule has 9 nitrogen and oxygen atoms in total. The maximum absolute atomic E-state index is 14.0. The molecule has 2 atom stereocenters. The molecule has 0 saturated carbocycles. The molecular formula is C36H33ClF2N4O5S2. The highest BCUT2D eigenvalue weighted by Crippen LogP contribution is 2.33. The molecule has 2 unspecified atom stereocenters. The summed E-state index contributed by atoms with van der Waals surface area (Å²) >= 11 is 7.31. The smallest absolute Gasteiger partial charge is 0.264 e. The standard InChI is InChI=1S/C36H33ClF2N4O5S2/c1-49-21-16-33(36(45)42-50(46,47)30-13-7-27(37)8-14-30)41-35(44)31-15-6-26(22-32(31)24-2-9-28(38)10-3-24)34(25-4-11-29(39)12-5-25)48-20-19-43-18-17-40-23-43/h2-15,17-18,22-23,33-34H,16,19-21H2,1H3,(H,41,44)(H,42,45). The fourth-order valence-electron chi connectivity index (χ4n) is 5.13. The van der Waals surface area contributed by atoms with Gasteiger partial charge in [0, 0.05) is 29.5 Å². The van der Waals surface area contributed by atoms with Gasteiger partial charge < -0.3 is 14.6 Å². The monoisotopic (exact) mass is 738 g/mol. The van der Waals surface area contributed by atoms with E-state index in [1.54, 1.807) is 49.1 Å². The van der Waals surface area contributed by atoms with Crippen LogP contribution in [0.4, 0.5) is 8.78 Å². The Labute approximate surface area is 298 Å². The van der Waals surface area contributed by atoms with Gasteiger partial charge in [0.05, 0.1) is 17.8 Å². The molecule has 0 fully saturated rings. The maximum Gasteiger partial charge on any atom is 0.264 e. The van der Waals surface area contributed by atoms with Crippen LogP contribution >= 0.6 is 23.4 Å². The van der Waals surface area contributed by atoms with E-state index < -0.39 is 45.6 Å². The Bertz CT molecular complexity index is 2010. The van der Waals surface area contributed by atoms with Crippen LogP contribution < -0.4 is 10.0 Å². The highest BCUT2D eigenvalue weighted by atomic mass is 35.5. The largest absolute Gasteiger partial charge is 0.367 e. The van der Waals surface area contributed by atoms with Gasteiger partial charge >= 0.3 is 0 Å². The zero-order valence-electron chi connectivity index (χ0n) is 26.8. The Balaban J connectivity index is 1.47. The van der Waals surface area contributed by atoms with Gasteiger partial charge in [-0.05, 0) is 101 Å². The number of nitrogens with zero attached hydrogens (tertiary/aromatic N) is 2. The second kappa shape index (κ2) is 16.9. The lowest BCUT2D eigenvalue weighted by atomic mass is 9.92. The lowest BCUT2D eigenvalue weighted by Gasteiger charge is -2.22.